The first-order valence-electron chi connectivity index (χ1n) is 2.99. The smallest absolute Gasteiger partial charge is 0.122 e. The summed E-state index contributed by atoms with van der Waals surface area (Å²) in [5, 5.41) is 3.85. The predicted molar refractivity (Wildman–Crippen MR) is 32.8 cm³/mol. The minimum absolute atomic E-state index is 0.567. The minimum atomic E-state index is 0.567. The molecule has 0 spiro atoms. The minimum Gasteiger partial charge on any atom is -0.395 e. The number of hydrogen-bond acceptors (Lipinski definition) is 2. The zero-order chi connectivity index (χ0) is 5.98. The van der Waals surface area contributed by atoms with Crippen molar-refractivity contribution < 1.29 is 4.84 Å². The van der Waals surface area contributed by atoms with E-state index in [-0.39, 0.29) is 0 Å². The maximum absolute atomic E-state index is 4.81. The largest absolute Gasteiger partial charge is 0.395 e. The van der Waals surface area contributed by atoms with Crippen LogP contribution in [0.3, 0.4) is 0 Å². The summed E-state index contributed by atoms with van der Waals surface area (Å²) in [4.78, 5) is 4.81. The van der Waals surface area contributed by atoms with Gasteiger partial charge in [-0.2, -0.15) is 0 Å². The highest BCUT2D eigenvalue weighted by Gasteiger charge is 2.10. The van der Waals surface area contributed by atoms with E-state index in [9.17, 15) is 0 Å². The number of oxime groups is 1. The quantitative estimate of drug-likeness (QED) is 0.504. The van der Waals surface area contributed by atoms with E-state index in [4.69, 9.17) is 4.84 Å². The van der Waals surface area contributed by atoms with Gasteiger partial charge in [0, 0.05) is 6.42 Å². The molecular formula is C6H11NO. The molecule has 1 aliphatic heterocycles. The van der Waals surface area contributed by atoms with Gasteiger partial charge in [-0.3, -0.25) is 0 Å². The van der Waals surface area contributed by atoms with Crippen molar-refractivity contribution in [3.8, 4) is 0 Å². The average molecular weight is 113 g/mol. The van der Waals surface area contributed by atoms with Gasteiger partial charge in [0.1, 0.15) is 6.61 Å². The van der Waals surface area contributed by atoms with Crippen LogP contribution in [0, 0.1) is 5.92 Å². The van der Waals surface area contributed by atoms with Crippen LogP contribution < -0.4 is 0 Å². The molecule has 0 saturated carbocycles. The molecule has 0 unspecified atom stereocenters. The molecular weight excluding hydrogens is 102 g/mol. The third-order valence-corrected chi connectivity index (χ3v) is 1.30. The lowest BCUT2D eigenvalue weighted by atomic mass is 10.1. The summed E-state index contributed by atoms with van der Waals surface area (Å²) in [7, 11) is 0. The molecule has 0 amide bonds. The average Bonchev–Trinajstić information content (AvgIpc) is 2.12. The molecule has 0 aromatic rings. The van der Waals surface area contributed by atoms with Crippen molar-refractivity contribution in [1.29, 1.82) is 0 Å². The second-order valence-corrected chi connectivity index (χ2v) is 2.32. The highest BCUT2D eigenvalue weighted by atomic mass is 16.6. The van der Waals surface area contributed by atoms with Crippen LogP contribution in [-0.2, 0) is 4.84 Å². The van der Waals surface area contributed by atoms with Crippen LogP contribution in [0.2, 0.25) is 0 Å². The monoisotopic (exact) mass is 113 g/mol. The van der Waals surface area contributed by atoms with Crippen molar-refractivity contribution in [2.75, 3.05) is 6.61 Å². The number of hydrogen-bond donors (Lipinski definition) is 0. The van der Waals surface area contributed by atoms with E-state index in [1.165, 1.54) is 5.71 Å². The van der Waals surface area contributed by atoms with Gasteiger partial charge in [0.25, 0.3) is 0 Å². The third-order valence-electron chi connectivity index (χ3n) is 1.30. The molecule has 0 aromatic heterocycles. The Hall–Kier alpha value is -0.530. The molecule has 0 saturated heterocycles. The van der Waals surface area contributed by atoms with E-state index >= 15 is 0 Å². The molecule has 1 aliphatic rings. The first-order valence-corrected chi connectivity index (χ1v) is 2.99. The molecule has 0 radical (unpaired) electrons. The van der Waals surface area contributed by atoms with E-state index in [0.29, 0.717) is 5.92 Å². The van der Waals surface area contributed by atoms with Gasteiger partial charge in [-0.15, -0.1) is 0 Å². The van der Waals surface area contributed by atoms with Gasteiger partial charge in [0.05, 0.1) is 5.71 Å². The van der Waals surface area contributed by atoms with Gasteiger partial charge >= 0.3 is 0 Å². The molecule has 2 heteroatoms. The van der Waals surface area contributed by atoms with E-state index in [1.54, 1.807) is 0 Å². The van der Waals surface area contributed by atoms with Gasteiger partial charge in [0.15, 0.2) is 0 Å². The van der Waals surface area contributed by atoms with E-state index in [1.807, 2.05) is 0 Å². The van der Waals surface area contributed by atoms with Crippen LogP contribution in [0.15, 0.2) is 5.16 Å². The summed E-state index contributed by atoms with van der Waals surface area (Å²) < 4.78 is 0. The van der Waals surface area contributed by atoms with Crippen LogP contribution in [0.5, 0.6) is 0 Å². The van der Waals surface area contributed by atoms with E-state index < -0.39 is 0 Å². The molecule has 0 aliphatic carbocycles. The fraction of sp³-hybridized carbons (Fsp3) is 0.833. The van der Waals surface area contributed by atoms with Crippen molar-refractivity contribution in [3.05, 3.63) is 0 Å². The normalized spacial score (nSPS) is 18.6. The zero-order valence-electron chi connectivity index (χ0n) is 5.35. The molecule has 0 atom stereocenters. The summed E-state index contributed by atoms with van der Waals surface area (Å²) in [5.74, 6) is 0.567. The Morgan fingerprint density at radius 1 is 1.62 bits per heavy atom. The van der Waals surface area contributed by atoms with Crippen molar-refractivity contribution in [2.24, 2.45) is 11.1 Å². The maximum Gasteiger partial charge on any atom is 0.122 e. The molecule has 2 nitrogen and oxygen atoms in total. The molecule has 0 aromatic carbocycles. The Balaban J connectivity index is 2.45. The topological polar surface area (TPSA) is 21.6 Å². The second kappa shape index (κ2) is 2.16. The van der Waals surface area contributed by atoms with Crippen LogP contribution >= 0.6 is 0 Å². The van der Waals surface area contributed by atoms with E-state index in [0.717, 1.165) is 13.0 Å². The Labute approximate surface area is 49.5 Å². The number of rotatable bonds is 1. The second-order valence-electron chi connectivity index (χ2n) is 2.32. The maximum atomic E-state index is 4.81. The van der Waals surface area contributed by atoms with Crippen molar-refractivity contribution >= 4 is 5.71 Å². The molecule has 8 heavy (non-hydrogen) atoms. The summed E-state index contributed by atoms with van der Waals surface area (Å²) in [6.45, 7) is 5.05. The SMILES string of the molecule is CC(C)C1=NOCC1. The molecule has 1 heterocycles. The van der Waals surface area contributed by atoms with Gasteiger partial charge in [-0.05, 0) is 5.92 Å². The van der Waals surface area contributed by atoms with Crippen molar-refractivity contribution in [3.63, 3.8) is 0 Å². The fourth-order valence-corrected chi connectivity index (χ4v) is 0.718. The third kappa shape index (κ3) is 0.997. The molecule has 0 N–H and O–H groups in total. The first-order chi connectivity index (χ1) is 3.80. The lowest BCUT2D eigenvalue weighted by molar-refractivity contribution is 0.173. The first kappa shape index (κ1) is 5.60. The van der Waals surface area contributed by atoms with Crippen LogP contribution in [0.25, 0.3) is 0 Å². The summed E-state index contributed by atoms with van der Waals surface area (Å²) in [6, 6.07) is 0. The van der Waals surface area contributed by atoms with E-state index in [2.05, 4.69) is 19.0 Å². The van der Waals surface area contributed by atoms with Gasteiger partial charge < -0.3 is 4.84 Å². The predicted octanol–water partition coefficient (Wildman–Crippen LogP) is 1.42. The Morgan fingerprint density at radius 2 is 2.38 bits per heavy atom. The highest BCUT2D eigenvalue weighted by molar-refractivity contribution is 5.86. The number of nitrogens with zero attached hydrogens (tertiary/aromatic N) is 1. The van der Waals surface area contributed by atoms with Crippen molar-refractivity contribution in [2.45, 2.75) is 20.3 Å². The van der Waals surface area contributed by atoms with Crippen LogP contribution in [0.4, 0.5) is 0 Å². The lowest BCUT2D eigenvalue weighted by Crippen LogP contribution is -2.03. The summed E-state index contributed by atoms with van der Waals surface area (Å²) in [5.41, 5.74) is 1.20. The molecule has 46 valence electrons. The zero-order valence-corrected chi connectivity index (χ0v) is 5.35. The summed E-state index contributed by atoms with van der Waals surface area (Å²) >= 11 is 0. The summed E-state index contributed by atoms with van der Waals surface area (Å²) in [6.07, 6.45) is 1.03. The standard InChI is InChI=1S/C6H11NO/c1-5(2)6-3-4-8-7-6/h5H,3-4H2,1-2H3. The van der Waals surface area contributed by atoms with Gasteiger partial charge in [-0.1, -0.05) is 19.0 Å². The molecule has 0 bridgehead atoms. The van der Waals surface area contributed by atoms with Crippen LogP contribution in [-0.4, -0.2) is 12.3 Å². The van der Waals surface area contributed by atoms with Gasteiger partial charge in [0.2, 0.25) is 0 Å². The Kier molecular flexibility index (Phi) is 1.51. The van der Waals surface area contributed by atoms with Crippen LogP contribution in [0.1, 0.15) is 20.3 Å². The Bertz CT molecular complexity index is 107. The Morgan fingerprint density at radius 3 is 2.62 bits per heavy atom. The molecule has 0 fully saturated rings. The van der Waals surface area contributed by atoms with Gasteiger partial charge in [-0.25, -0.2) is 0 Å². The molecule has 1 rings (SSSR count). The fourth-order valence-electron chi connectivity index (χ4n) is 0.718. The van der Waals surface area contributed by atoms with Crippen molar-refractivity contribution in [1.82, 2.24) is 0 Å². The lowest BCUT2D eigenvalue weighted by Gasteiger charge is -1.97. The highest BCUT2D eigenvalue weighted by Crippen LogP contribution is 2.07.